The van der Waals surface area contributed by atoms with Gasteiger partial charge in [0.1, 0.15) is 0 Å². The van der Waals surface area contributed by atoms with E-state index in [1.807, 2.05) is 19.1 Å². The molecule has 3 rings (SSSR count). The molecule has 0 saturated carbocycles. The zero-order valence-corrected chi connectivity index (χ0v) is 11.6. The lowest BCUT2D eigenvalue weighted by atomic mass is 10.0. The monoisotopic (exact) mass is 264 g/mol. The first-order valence-corrected chi connectivity index (χ1v) is 6.72. The van der Waals surface area contributed by atoms with Crippen LogP contribution in [0.4, 0.5) is 0 Å². The molecule has 2 aromatic carbocycles. The minimum atomic E-state index is 0.807. The van der Waals surface area contributed by atoms with Crippen molar-refractivity contribution in [1.82, 2.24) is 20.2 Å². The van der Waals surface area contributed by atoms with Crippen LogP contribution >= 0.6 is 0 Å². The maximum atomic E-state index is 4.06. The zero-order chi connectivity index (χ0) is 13.9. The van der Waals surface area contributed by atoms with Gasteiger partial charge < -0.3 is 0 Å². The molecule has 0 unspecified atom stereocenters. The molecule has 0 radical (unpaired) electrons. The summed E-state index contributed by atoms with van der Waals surface area (Å²) in [7, 11) is 0. The van der Waals surface area contributed by atoms with Gasteiger partial charge >= 0.3 is 0 Å². The maximum absolute atomic E-state index is 4.06. The summed E-state index contributed by atoms with van der Waals surface area (Å²) in [6.07, 6.45) is 0.807. The van der Waals surface area contributed by atoms with Crippen LogP contribution in [0.15, 0.2) is 48.5 Å². The normalized spacial score (nSPS) is 10.7. The van der Waals surface area contributed by atoms with Crippen LogP contribution in [0, 0.1) is 6.92 Å². The van der Waals surface area contributed by atoms with Crippen molar-refractivity contribution in [3.63, 3.8) is 0 Å². The molecule has 0 N–H and O–H groups in total. The second-order valence-corrected chi connectivity index (χ2v) is 4.78. The minimum Gasteiger partial charge on any atom is -0.197 e. The average Bonchev–Trinajstić information content (AvgIpc) is 2.96. The van der Waals surface area contributed by atoms with Crippen molar-refractivity contribution in [3.8, 4) is 16.8 Å². The third-order valence-electron chi connectivity index (χ3n) is 3.33. The number of hydrogen-bond donors (Lipinski definition) is 0. The third-order valence-corrected chi connectivity index (χ3v) is 3.33. The Morgan fingerprint density at radius 3 is 2.55 bits per heavy atom. The lowest BCUT2D eigenvalue weighted by Gasteiger charge is -2.07. The van der Waals surface area contributed by atoms with E-state index in [1.165, 1.54) is 16.7 Å². The minimum absolute atomic E-state index is 0.807. The van der Waals surface area contributed by atoms with Gasteiger partial charge in [-0.25, -0.2) is 0 Å². The van der Waals surface area contributed by atoms with E-state index in [0.717, 1.165) is 17.9 Å². The molecule has 3 aromatic rings. The summed E-state index contributed by atoms with van der Waals surface area (Å²) in [6.45, 7) is 4.14. The van der Waals surface area contributed by atoms with E-state index in [2.05, 4.69) is 58.8 Å². The van der Waals surface area contributed by atoms with Gasteiger partial charge in [-0.15, -0.1) is 5.10 Å². The summed E-state index contributed by atoms with van der Waals surface area (Å²) in [5.74, 6) is 0.867. The van der Waals surface area contributed by atoms with E-state index in [0.29, 0.717) is 0 Å². The zero-order valence-electron chi connectivity index (χ0n) is 11.6. The number of benzene rings is 2. The second-order valence-electron chi connectivity index (χ2n) is 4.78. The molecular weight excluding hydrogens is 248 g/mol. The molecule has 1 heterocycles. The molecule has 0 spiro atoms. The lowest BCUT2D eigenvalue weighted by molar-refractivity contribution is 0.766. The van der Waals surface area contributed by atoms with Crippen LogP contribution in [0.3, 0.4) is 0 Å². The van der Waals surface area contributed by atoms with Crippen molar-refractivity contribution in [3.05, 3.63) is 59.9 Å². The Balaban J connectivity index is 2.04. The van der Waals surface area contributed by atoms with Gasteiger partial charge in [0.05, 0.1) is 5.69 Å². The Morgan fingerprint density at radius 2 is 1.80 bits per heavy atom. The number of hydrogen-bond acceptors (Lipinski definition) is 3. The van der Waals surface area contributed by atoms with Crippen molar-refractivity contribution in [2.45, 2.75) is 20.3 Å². The topological polar surface area (TPSA) is 43.6 Å². The number of aromatic nitrogens is 4. The van der Waals surface area contributed by atoms with Crippen LogP contribution in [-0.4, -0.2) is 20.2 Å². The maximum Gasteiger partial charge on any atom is 0.156 e. The highest BCUT2D eigenvalue weighted by Crippen LogP contribution is 2.22. The Kier molecular flexibility index (Phi) is 3.29. The van der Waals surface area contributed by atoms with Crippen LogP contribution in [0.25, 0.3) is 16.8 Å². The smallest absolute Gasteiger partial charge is 0.156 e. The summed E-state index contributed by atoms with van der Waals surface area (Å²) in [4.78, 5) is 0. The van der Waals surface area contributed by atoms with E-state index < -0.39 is 0 Å². The van der Waals surface area contributed by atoms with Gasteiger partial charge in [0.15, 0.2) is 5.82 Å². The van der Waals surface area contributed by atoms with Gasteiger partial charge in [0, 0.05) is 6.42 Å². The largest absolute Gasteiger partial charge is 0.197 e. The fourth-order valence-electron chi connectivity index (χ4n) is 2.19. The van der Waals surface area contributed by atoms with Gasteiger partial charge in [-0.1, -0.05) is 48.9 Å². The van der Waals surface area contributed by atoms with Crippen LogP contribution in [0.5, 0.6) is 0 Å². The highest BCUT2D eigenvalue weighted by atomic mass is 15.5. The Hall–Kier alpha value is -2.49. The SMILES string of the molecule is CCc1nnnn1-c1cccc(-c2ccc(C)cc2)c1. The van der Waals surface area contributed by atoms with Crippen molar-refractivity contribution < 1.29 is 0 Å². The molecule has 0 amide bonds. The quantitative estimate of drug-likeness (QED) is 0.729. The Morgan fingerprint density at radius 1 is 1.00 bits per heavy atom. The Bertz CT molecular complexity index is 713. The van der Waals surface area contributed by atoms with E-state index in [9.17, 15) is 0 Å². The third kappa shape index (κ3) is 2.32. The molecule has 1 aromatic heterocycles. The van der Waals surface area contributed by atoms with E-state index in [-0.39, 0.29) is 0 Å². The van der Waals surface area contributed by atoms with Gasteiger partial charge in [0.25, 0.3) is 0 Å². The summed E-state index contributed by atoms with van der Waals surface area (Å²) in [5.41, 5.74) is 4.62. The standard InChI is InChI=1S/C16H16N4/c1-3-16-17-18-19-20(16)15-6-4-5-14(11-15)13-9-7-12(2)8-10-13/h4-11H,3H2,1-2H3. The van der Waals surface area contributed by atoms with Gasteiger partial charge in [-0.05, 0) is 40.6 Å². The lowest BCUT2D eigenvalue weighted by Crippen LogP contribution is -2.02. The molecule has 0 atom stereocenters. The van der Waals surface area contributed by atoms with Crippen molar-refractivity contribution in [2.75, 3.05) is 0 Å². The van der Waals surface area contributed by atoms with Gasteiger partial charge in [-0.3, -0.25) is 0 Å². The highest BCUT2D eigenvalue weighted by molar-refractivity contribution is 5.66. The van der Waals surface area contributed by atoms with E-state index in [1.54, 1.807) is 4.68 Å². The van der Waals surface area contributed by atoms with E-state index in [4.69, 9.17) is 0 Å². The first-order chi connectivity index (χ1) is 9.78. The van der Waals surface area contributed by atoms with E-state index >= 15 is 0 Å². The fraction of sp³-hybridized carbons (Fsp3) is 0.188. The fourth-order valence-corrected chi connectivity index (χ4v) is 2.19. The Labute approximate surface area is 118 Å². The molecule has 0 saturated heterocycles. The predicted octanol–water partition coefficient (Wildman–Crippen LogP) is 3.20. The first kappa shape index (κ1) is 12.5. The van der Waals surface area contributed by atoms with Crippen LogP contribution in [0.1, 0.15) is 18.3 Å². The van der Waals surface area contributed by atoms with Crippen molar-refractivity contribution >= 4 is 0 Å². The molecule has 0 aliphatic rings. The summed E-state index contributed by atoms with van der Waals surface area (Å²) >= 11 is 0. The predicted molar refractivity (Wildman–Crippen MR) is 78.7 cm³/mol. The highest BCUT2D eigenvalue weighted by Gasteiger charge is 2.07. The van der Waals surface area contributed by atoms with Crippen LogP contribution in [-0.2, 0) is 6.42 Å². The number of nitrogens with zero attached hydrogens (tertiary/aromatic N) is 4. The van der Waals surface area contributed by atoms with Crippen molar-refractivity contribution in [2.24, 2.45) is 0 Å². The van der Waals surface area contributed by atoms with Gasteiger partial charge in [0.2, 0.25) is 0 Å². The molecule has 20 heavy (non-hydrogen) atoms. The summed E-state index contributed by atoms with van der Waals surface area (Å²) in [5, 5.41) is 11.8. The molecule has 4 nitrogen and oxygen atoms in total. The molecule has 100 valence electrons. The van der Waals surface area contributed by atoms with Crippen molar-refractivity contribution in [1.29, 1.82) is 0 Å². The summed E-state index contributed by atoms with van der Waals surface area (Å²) < 4.78 is 1.79. The molecule has 4 heteroatoms. The molecule has 0 aliphatic carbocycles. The first-order valence-electron chi connectivity index (χ1n) is 6.72. The molecular formula is C16H16N4. The average molecular weight is 264 g/mol. The van der Waals surface area contributed by atoms with Crippen LogP contribution in [0.2, 0.25) is 0 Å². The molecule has 0 bridgehead atoms. The molecule has 0 fully saturated rings. The molecule has 0 aliphatic heterocycles. The van der Waals surface area contributed by atoms with Gasteiger partial charge in [-0.2, -0.15) is 4.68 Å². The van der Waals surface area contributed by atoms with Crippen LogP contribution < -0.4 is 0 Å². The number of tetrazole rings is 1. The summed E-state index contributed by atoms with van der Waals surface area (Å²) in [6, 6.07) is 16.8. The number of rotatable bonds is 3. The number of aryl methyl sites for hydroxylation is 2. The second kappa shape index (κ2) is 5.25.